The van der Waals surface area contributed by atoms with E-state index in [2.05, 4.69) is 6.92 Å². The van der Waals surface area contributed by atoms with Gasteiger partial charge in [-0.05, 0) is 6.42 Å². The summed E-state index contributed by atoms with van der Waals surface area (Å²) in [5, 5.41) is 17.6. The van der Waals surface area contributed by atoms with Crippen LogP contribution in [-0.2, 0) is 19.0 Å². The zero-order valence-corrected chi connectivity index (χ0v) is 20.2. The van der Waals surface area contributed by atoms with Gasteiger partial charge < -0.3 is 24.4 Å². The summed E-state index contributed by atoms with van der Waals surface area (Å²) >= 11 is 0. The molecule has 0 spiro atoms. The lowest BCUT2D eigenvalue weighted by Crippen LogP contribution is -2.28. The van der Waals surface area contributed by atoms with Crippen molar-refractivity contribution in [3.63, 3.8) is 0 Å². The van der Waals surface area contributed by atoms with E-state index in [9.17, 15) is 4.79 Å². The van der Waals surface area contributed by atoms with Crippen LogP contribution in [0.1, 0.15) is 110 Å². The van der Waals surface area contributed by atoms with Gasteiger partial charge in [0.25, 0.3) is 0 Å². The third kappa shape index (κ3) is 23.8. The molecule has 0 aliphatic rings. The highest BCUT2D eigenvalue weighted by Gasteiger charge is 2.13. The average molecular weight is 447 g/mol. The summed E-state index contributed by atoms with van der Waals surface area (Å²) in [5.41, 5.74) is 0. The van der Waals surface area contributed by atoms with E-state index in [1.807, 2.05) is 0 Å². The van der Waals surface area contributed by atoms with Crippen LogP contribution in [0, 0.1) is 0 Å². The summed E-state index contributed by atoms with van der Waals surface area (Å²) in [5.74, 6) is -0.213. The number of ether oxygens (including phenoxy) is 3. The van der Waals surface area contributed by atoms with Crippen molar-refractivity contribution in [1.29, 1.82) is 0 Å². The van der Waals surface area contributed by atoms with E-state index in [0.717, 1.165) is 12.8 Å². The van der Waals surface area contributed by atoms with Crippen molar-refractivity contribution in [3.8, 4) is 0 Å². The number of aliphatic hydroxyl groups is 2. The molecule has 0 aliphatic heterocycles. The first-order chi connectivity index (χ1) is 15.2. The molecule has 2 N–H and O–H groups in total. The van der Waals surface area contributed by atoms with E-state index in [4.69, 9.17) is 24.4 Å². The minimum absolute atomic E-state index is 0.0638. The predicted octanol–water partition coefficient (Wildman–Crippen LogP) is 5.18. The van der Waals surface area contributed by atoms with E-state index in [0.29, 0.717) is 6.42 Å². The molecule has 0 aromatic carbocycles. The number of unbranched alkanes of at least 4 members (excludes halogenated alkanes) is 14. The lowest BCUT2D eigenvalue weighted by molar-refractivity contribution is -0.150. The van der Waals surface area contributed by atoms with Crippen LogP contribution in [0.25, 0.3) is 0 Å². The average Bonchev–Trinajstić information content (AvgIpc) is 2.78. The van der Waals surface area contributed by atoms with E-state index >= 15 is 0 Å². The van der Waals surface area contributed by atoms with E-state index < -0.39 is 6.10 Å². The van der Waals surface area contributed by atoms with Crippen molar-refractivity contribution < 1.29 is 29.2 Å². The van der Waals surface area contributed by atoms with Gasteiger partial charge in [-0.3, -0.25) is 4.79 Å². The van der Waals surface area contributed by atoms with Crippen molar-refractivity contribution >= 4 is 5.97 Å². The third-order valence-corrected chi connectivity index (χ3v) is 5.40. The number of esters is 1. The monoisotopic (exact) mass is 446 g/mol. The third-order valence-electron chi connectivity index (χ3n) is 5.40. The summed E-state index contributed by atoms with van der Waals surface area (Å²) in [4.78, 5) is 11.9. The molecule has 0 aromatic heterocycles. The van der Waals surface area contributed by atoms with Crippen LogP contribution in [0.15, 0.2) is 0 Å². The molecule has 0 amide bonds. The Labute approximate surface area is 191 Å². The highest BCUT2D eigenvalue weighted by atomic mass is 16.6. The first-order valence-electron chi connectivity index (χ1n) is 12.8. The second-order valence-corrected chi connectivity index (χ2v) is 8.40. The smallest absolute Gasteiger partial charge is 0.305 e. The molecular formula is C25H50O6. The minimum Gasteiger partial charge on any atom is -0.463 e. The largest absolute Gasteiger partial charge is 0.463 e. The van der Waals surface area contributed by atoms with Crippen molar-refractivity contribution in [1.82, 2.24) is 0 Å². The van der Waals surface area contributed by atoms with Crippen LogP contribution >= 0.6 is 0 Å². The summed E-state index contributed by atoms with van der Waals surface area (Å²) in [6, 6.07) is 0. The molecule has 6 nitrogen and oxygen atoms in total. The van der Waals surface area contributed by atoms with Crippen LogP contribution in [0.3, 0.4) is 0 Å². The molecule has 0 aliphatic carbocycles. The Morgan fingerprint density at radius 2 is 1.16 bits per heavy atom. The van der Waals surface area contributed by atoms with Crippen molar-refractivity contribution in [2.45, 2.75) is 116 Å². The molecule has 31 heavy (non-hydrogen) atoms. The number of carbonyl (C=O) groups is 1. The summed E-state index contributed by atoms with van der Waals surface area (Å²) < 4.78 is 15.9. The zero-order valence-electron chi connectivity index (χ0n) is 20.2. The van der Waals surface area contributed by atoms with Gasteiger partial charge in [0.2, 0.25) is 0 Å². The first kappa shape index (κ1) is 30.3. The Hall–Kier alpha value is -0.690. The molecule has 0 radical (unpaired) electrons. The minimum atomic E-state index is -0.413. The van der Waals surface area contributed by atoms with Crippen molar-refractivity contribution in [3.05, 3.63) is 0 Å². The number of hydrogen-bond donors (Lipinski definition) is 2. The van der Waals surface area contributed by atoms with Crippen LogP contribution in [0.4, 0.5) is 0 Å². The molecule has 1 unspecified atom stereocenters. The first-order valence-corrected chi connectivity index (χ1v) is 12.8. The van der Waals surface area contributed by atoms with E-state index in [1.54, 1.807) is 0 Å². The normalized spacial score (nSPS) is 12.2. The summed E-state index contributed by atoms with van der Waals surface area (Å²) in [6.07, 6.45) is 19.5. The molecule has 0 aromatic rings. The van der Waals surface area contributed by atoms with Gasteiger partial charge in [-0.25, -0.2) is 0 Å². The maximum absolute atomic E-state index is 11.9. The van der Waals surface area contributed by atoms with Crippen LogP contribution in [0.5, 0.6) is 0 Å². The molecule has 186 valence electrons. The summed E-state index contributed by atoms with van der Waals surface area (Å²) in [6.45, 7) is 2.84. The van der Waals surface area contributed by atoms with Gasteiger partial charge in [0.15, 0.2) is 0 Å². The van der Waals surface area contributed by atoms with Crippen LogP contribution in [0.2, 0.25) is 0 Å². The SMILES string of the molecule is CCCCCCCCCCCCCCCCCC(=O)OCC(COCCO)OCCO. The molecule has 0 fully saturated rings. The molecule has 0 heterocycles. The van der Waals surface area contributed by atoms with Crippen molar-refractivity contribution in [2.75, 3.05) is 39.6 Å². The quantitative estimate of drug-likeness (QED) is 0.148. The second kappa shape index (κ2) is 25.6. The fourth-order valence-corrected chi connectivity index (χ4v) is 3.54. The lowest BCUT2D eigenvalue weighted by Gasteiger charge is -2.17. The van der Waals surface area contributed by atoms with Gasteiger partial charge in [0.05, 0.1) is 33.0 Å². The molecule has 0 rings (SSSR count). The number of rotatable bonds is 25. The predicted molar refractivity (Wildman–Crippen MR) is 125 cm³/mol. The molecule has 0 saturated heterocycles. The van der Waals surface area contributed by atoms with Gasteiger partial charge in [0.1, 0.15) is 12.7 Å². The molecule has 0 saturated carbocycles. The lowest BCUT2D eigenvalue weighted by atomic mass is 10.0. The number of carbonyl (C=O) groups excluding carboxylic acids is 1. The van der Waals surface area contributed by atoms with Crippen molar-refractivity contribution in [2.24, 2.45) is 0 Å². The van der Waals surface area contributed by atoms with Gasteiger partial charge in [0, 0.05) is 6.42 Å². The highest BCUT2D eigenvalue weighted by molar-refractivity contribution is 5.69. The standard InChI is InChI=1S/C25H50O6/c1-2-3-4-5-6-7-8-9-10-11-12-13-14-15-16-17-25(28)31-23-24(30-21-19-27)22-29-20-18-26/h24,26-27H,2-23H2,1H3. The fourth-order valence-electron chi connectivity index (χ4n) is 3.54. The molecule has 1 atom stereocenters. The van der Waals surface area contributed by atoms with Gasteiger partial charge in [-0.2, -0.15) is 0 Å². The maximum Gasteiger partial charge on any atom is 0.305 e. The molecule has 0 bridgehead atoms. The van der Waals surface area contributed by atoms with Gasteiger partial charge in [-0.15, -0.1) is 0 Å². The molecule has 6 heteroatoms. The van der Waals surface area contributed by atoms with E-state index in [1.165, 1.54) is 83.5 Å². The Morgan fingerprint density at radius 1 is 0.677 bits per heavy atom. The Kier molecular flexibility index (Phi) is 25.0. The fraction of sp³-hybridized carbons (Fsp3) is 0.960. The topological polar surface area (TPSA) is 85.2 Å². The number of aliphatic hydroxyl groups excluding tert-OH is 2. The maximum atomic E-state index is 11.9. The zero-order chi connectivity index (χ0) is 22.8. The Morgan fingerprint density at radius 3 is 1.65 bits per heavy atom. The van der Waals surface area contributed by atoms with Gasteiger partial charge in [-0.1, -0.05) is 96.8 Å². The second-order valence-electron chi connectivity index (χ2n) is 8.40. The highest BCUT2D eigenvalue weighted by Crippen LogP contribution is 2.13. The van der Waals surface area contributed by atoms with Crippen LogP contribution < -0.4 is 0 Å². The Bertz CT molecular complexity index is 364. The summed E-state index contributed by atoms with van der Waals surface area (Å²) in [7, 11) is 0. The number of hydrogen-bond acceptors (Lipinski definition) is 6. The van der Waals surface area contributed by atoms with E-state index in [-0.39, 0.29) is 45.6 Å². The van der Waals surface area contributed by atoms with Crippen LogP contribution in [-0.4, -0.2) is 61.9 Å². The van der Waals surface area contributed by atoms with Gasteiger partial charge >= 0.3 is 5.97 Å². The molecular weight excluding hydrogens is 396 g/mol. The Balaban J connectivity index is 3.44.